The lowest BCUT2D eigenvalue weighted by atomic mass is 10.2. The molecule has 0 saturated carbocycles. The summed E-state index contributed by atoms with van der Waals surface area (Å²) in [6, 6.07) is 5.17. The molecule has 0 aromatic heterocycles. The Morgan fingerprint density at radius 1 is 0.640 bits per heavy atom. The fourth-order valence-electron chi connectivity index (χ4n) is 2.06. The summed E-state index contributed by atoms with van der Waals surface area (Å²) in [6.07, 6.45) is 0. The highest BCUT2D eigenvalue weighted by Gasteiger charge is 2.18. The van der Waals surface area contributed by atoms with Crippen molar-refractivity contribution in [3.8, 4) is 34.5 Å². The van der Waals surface area contributed by atoms with E-state index in [1.807, 2.05) is 0 Å². The van der Waals surface area contributed by atoms with Gasteiger partial charge in [0.2, 0.25) is 0 Å². The third kappa shape index (κ3) is 4.17. The average molecular weight is 354 g/mol. The summed E-state index contributed by atoms with van der Waals surface area (Å²) in [5.41, 5.74) is 0. The molecule has 0 amide bonds. The van der Waals surface area contributed by atoms with Crippen molar-refractivity contribution in [2.24, 2.45) is 0 Å². The molecule has 0 aliphatic carbocycles. The molecule has 2 rings (SSSR count). The Bertz CT molecular complexity index is 680. The van der Waals surface area contributed by atoms with Crippen LogP contribution in [0, 0.1) is 11.6 Å². The maximum absolute atomic E-state index is 14.1. The van der Waals surface area contributed by atoms with Crippen LogP contribution in [0.25, 0.3) is 0 Å². The van der Waals surface area contributed by atoms with Gasteiger partial charge in [-0.2, -0.15) is 0 Å². The van der Waals surface area contributed by atoms with Crippen LogP contribution in [0.4, 0.5) is 8.78 Å². The van der Waals surface area contributed by atoms with Gasteiger partial charge in [-0.05, 0) is 0 Å². The summed E-state index contributed by atoms with van der Waals surface area (Å²) < 4.78 is 58.6. The third-order valence-corrected chi connectivity index (χ3v) is 3.28. The van der Waals surface area contributed by atoms with Crippen LogP contribution in [0.5, 0.6) is 34.5 Å². The topological polar surface area (TPSA) is 55.4 Å². The first-order chi connectivity index (χ1) is 12.0. The lowest BCUT2D eigenvalue weighted by Gasteiger charge is -2.15. The van der Waals surface area contributed by atoms with Gasteiger partial charge >= 0.3 is 7.69 Å². The minimum atomic E-state index is -0.707. The average Bonchev–Trinajstić information content (AvgIpc) is 2.63. The van der Waals surface area contributed by atoms with Crippen molar-refractivity contribution in [1.29, 1.82) is 0 Å². The second-order valence-corrected chi connectivity index (χ2v) is 4.69. The molecule has 0 aliphatic heterocycles. The number of ether oxygens (including phenoxy) is 4. The van der Waals surface area contributed by atoms with Crippen LogP contribution in [-0.2, 0) is 0 Å². The summed E-state index contributed by atoms with van der Waals surface area (Å²) in [7, 11) is 5.04. The molecule has 0 heterocycles. The van der Waals surface area contributed by atoms with E-state index in [0.717, 1.165) is 12.1 Å². The SMILES string of the molecule is COc1cc(F)c(OBOc2c(F)cc(OC)cc2OC)c(OC)c1. The van der Waals surface area contributed by atoms with E-state index in [1.165, 1.54) is 40.6 Å². The summed E-state index contributed by atoms with van der Waals surface area (Å²) in [4.78, 5) is 0. The Hall–Kier alpha value is -2.84. The molecule has 2 aromatic rings. The fourth-order valence-corrected chi connectivity index (χ4v) is 2.06. The minimum absolute atomic E-state index is 0.114. The van der Waals surface area contributed by atoms with Crippen LogP contribution in [0.2, 0.25) is 0 Å². The van der Waals surface area contributed by atoms with Crippen molar-refractivity contribution in [3.63, 3.8) is 0 Å². The van der Waals surface area contributed by atoms with Crippen molar-refractivity contribution in [2.45, 2.75) is 0 Å². The Kier molecular flexibility index (Phi) is 6.16. The third-order valence-electron chi connectivity index (χ3n) is 3.28. The normalized spacial score (nSPS) is 10.0. The molecule has 6 nitrogen and oxygen atoms in total. The number of halogens is 2. The van der Waals surface area contributed by atoms with E-state index >= 15 is 0 Å². The minimum Gasteiger partial charge on any atom is -0.524 e. The zero-order chi connectivity index (χ0) is 18.4. The summed E-state index contributed by atoms with van der Waals surface area (Å²) >= 11 is 0. The molecule has 0 N–H and O–H groups in total. The van der Waals surface area contributed by atoms with Gasteiger partial charge in [-0.1, -0.05) is 0 Å². The Labute approximate surface area is 144 Å². The molecule has 0 atom stereocenters. The lowest BCUT2D eigenvalue weighted by molar-refractivity contribution is 0.344. The van der Waals surface area contributed by atoms with Gasteiger partial charge in [-0.25, -0.2) is 8.78 Å². The van der Waals surface area contributed by atoms with Gasteiger partial charge in [0.15, 0.2) is 34.6 Å². The Morgan fingerprint density at radius 2 is 1.04 bits per heavy atom. The first-order valence-corrected chi connectivity index (χ1v) is 7.12. The van der Waals surface area contributed by atoms with Crippen molar-refractivity contribution in [1.82, 2.24) is 0 Å². The quantitative estimate of drug-likeness (QED) is 0.680. The first kappa shape index (κ1) is 18.5. The first-order valence-electron chi connectivity index (χ1n) is 7.12. The lowest BCUT2D eigenvalue weighted by Crippen LogP contribution is -2.14. The number of hydrogen-bond acceptors (Lipinski definition) is 6. The van der Waals surface area contributed by atoms with Gasteiger partial charge < -0.3 is 28.3 Å². The van der Waals surface area contributed by atoms with Crippen LogP contribution in [-0.4, -0.2) is 36.1 Å². The summed E-state index contributed by atoms with van der Waals surface area (Å²) in [6.45, 7) is 0. The van der Waals surface area contributed by atoms with E-state index in [4.69, 9.17) is 28.3 Å². The Balaban J connectivity index is 2.16. The van der Waals surface area contributed by atoms with Gasteiger partial charge in [0.1, 0.15) is 11.5 Å². The highest BCUT2D eigenvalue weighted by atomic mass is 19.1. The van der Waals surface area contributed by atoms with Crippen LogP contribution >= 0.6 is 0 Å². The predicted molar refractivity (Wildman–Crippen MR) is 87.4 cm³/mol. The molecule has 0 saturated heterocycles. The number of benzene rings is 2. The maximum atomic E-state index is 14.1. The molecule has 9 heteroatoms. The standard InChI is InChI=1S/C16H17BF2O6/c1-20-9-5-11(18)15(13(7-9)22-3)24-17-25-16-12(19)6-10(21-2)8-14(16)23-4/h5-8,17H,1-4H3. The van der Waals surface area contributed by atoms with Gasteiger partial charge in [-0.3, -0.25) is 0 Å². The van der Waals surface area contributed by atoms with Gasteiger partial charge in [-0.15, -0.1) is 0 Å². The zero-order valence-electron chi connectivity index (χ0n) is 14.2. The van der Waals surface area contributed by atoms with Crippen LogP contribution in [0.1, 0.15) is 0 Å². The van der Waals surface area contributed by atoms with E-state index in [1.54, 1.807) is 0 Å². The van der Waals surface area contributed by atoms with Crippen LogP contribution in [0.15, 0.2) is 24.3 Å². The molecule has 2 aromatic carbocycles. The van der Waals surface area contributed by atoms with E-state index < -0.39 is 19.3 Å². The van der Waals surface area contributed by atoms with Crippen molar-refractivity contribution in [3.05, 3.63) is 35.9 Å². The summed E-state index contributed by atoms with van der Waals surface area (Å²) in [5, 5.41) is 0. The predicted octanol–water partition coefficient (Wildman–Crippen LogP) is 2.72. The highest BCUT2D eigenvalue weighted by molar-refractivity contribution is 6.21. The molecule has 0 radical (unpaired) electrons. The zero-order valence-corrected chi connectivity index (χ0v) is 14.2. The Morgan fingerprint density at radius 3 is 1.36 bits per heavy atom. The smallest absolute Gasteiger partial charge is 0.524 e. The molecular formula is C16H17BF2O6. The van der Waals surface area contributed by atoms with E-state index in [9.17, 15) is 8.78 Å². The highest BCUT2D eigenvalue weighted by Crippen LogP contribution is 2.36. The molecule has 0 bridgehead atoms. The van der Waals surface area contributed by atoms with Crippen molar-refractivity contribution >= 4 is 7.69 Å². The van der Waals surface area contributed by atoms with Crippen molar-refractivity contribution < 1.29 is 37.0 Å². The number of rotatable bonds is 8. The van der Waals surface area contributed by atoms with E-state index in [0.29, 0.717) is 0 Å². The molecule has 0 fully saturated rings. The molecule has 134 valence electrons. The maximum Gasteiger partial charge on any atom is 0.576 e. The van der Waals surface area contributed by atoms with Gasteiger partial charge in [0.25, 0.3) is 0 Å². The second-order valence-electron chi connectivity index (χ2n) is 4.69. The molecule has 0 spiro atoms. The monoisotopic (exact) mass is 354 g/mol. The molecular weight excluding hydrogens is 337 g/mol. The molecule has 0 aliphatic rings. The number of methoxy groups -OCH3 is 4. The largest absolute Gasteiger partial charge is 0.576 e. The van der Waals surface area contributed by atoms with Crippen LogP contribution in [0.3, 0.4) is 0 Å². The second kappa shape index (κ2) is 8.32. The van der Waals surface area contributed by atoms with E-state index in [2.05, 4.69) is 0 Å². The molecule has 0 unspecified atom stereocenters. The van der Waals surface area contributed by atoms with E-state index in [-0.39, 0.29) is 34.5 Å². The summed E-state index contributed by atoms with van der Waals surface area (Å²) in [5.74, 6) is -1.02. The molecule has 25 heavy (non-hydrogen) atoms. The van der Waals surface area contributed by atoms with Gasteiger partial charge in [0, 0.05) is 24.3 Å². The van der Waals surface area contributed by atoms with Gasteiger partial charge in [0.05, 0.1) is 28.4 Å². The van der Waals surface area contributed by atoms with Crippen LogP contribution < -0.4 is 28.3 Å². The fraction of sp³-hybridized carbons (Fsp3) is 0.250. The van der Waals surface area contributed by atoms with Crippen molar-refractivity contribution in [2.75, 3.05) is 28.4 Å². The number of hydrogen-bond donors (Lipinski definition) is 0.